The molecule has 0 bridgehead atoms. The molecule has 0 saturated heterocycles. The van der Waals surface area contributed by atoms with Crippen LogP contribution in [0, 0.1) is 0 Å². The van der Waals surface area contributed by atoms with E-state index in [1.807, 2.05) is 0 Å². The highest BCUT2D eigenvalue weighted by atomic mass is 35.5. The molecule has 2 rings (SSSR count). The van der Waals surface area contributed by atoms with Crippen molar-refractivity contribution in [2.45, 2.75) is 6.54 Å². The molecular weight excluding hydrogens is 254 g/mol. The minimum atomic E-state index is -0.394. The van der Waals surface area contributed by atoms with Gasteiger partial charge in [0.2, 0.25) is 0 Å². The zero-order chi connectivity index (χ0) is 13.0. The third kappa shape index (κ3) is 2.95. The second kappa shape index (κ2) is 5.46. The van der Waals surface area contributed by atoms with Crippen molar-refractivity contribution in [2.75, 3.05) is 0 Å². The highest BCUT2D eigenvalue weighted by molar-refractivity contribution is 6.30. The molecule has 0 fully saturated rings. The summed E-state index contributed by atoms with van der Waals surface area (Å²) < 4.78 is 0. The summed E-state index contributed by atoms with van der Waals surface area (Å²) in [6, 6.07) is 7.80. The molecule has 0 unspecified atom stereocenters. The Morgan fingerprint density at radius 2 is 2.22 bits per heavy atom. The molecule has 2 aromatic rings. The lowest BCUT2D eigenvalue weighted by atomic mass is 10.2. The van der Waals surface area contributed by atoms with Crippen LogP contribution in [0.15, 0.2) is 36.5 Å². The third-order valence-corrected chi connectivity index (χ3v) is 2.50. The first-order valence-electron chi connectivity index (χ1n) is 5.20. The van der Waals surface area contributed by atoms with Crippen LogP contribution in [0.3, 0.4) is 0 Å². The maximum atomic E-state index is 11.8. The largest absolute Gasteiger partial charge is 0.507 e. The van der Waals surface area contributed by atoms with Gasteiger partial charge in [-0.25, -0.2) is 0 Å². The van der Waals surface area contributed by atoms with E-state index in [4.69, 9.17) is 11.6 Å². The van der Waals surface area contributed by atoms with Gasteiger partial charge in [0.15, 0.2) is 0 Å². The van der Waals surface area contributed by atoms with Crippen molar-refractivity contribution in [2.24, 2.45) is 0 Å². The average Bonchev–Trinajstić information content (AvgIpc) is 2.37. The predicted molar refractivity (Wildman–Crippen MR) is 66.3 cm³/mol. The molecule has 0 aliphatic rings. The number of nitrogens with zero attached hydrogens (tertiary/aromatic N) is 2. The van der Waals surface area contributed by atoms with Gasteiger partial charge in [-0.2, -0.15) is 10.2 Å². The monoisotopic (exact) mass is 263 g/mol. The van der Waals surface area contributed by atoms with Crippen molar-refractivity contribution in [1.82, 2.24) is 15.5 Å². The SMILES string of the molecule is O=C(NCc1cccnn1)c1ccc(Cl)cc1O. The van der Waals surface area contributed by atoms with E-state index in [9.17, 15) is 9.90 Å². The Morgan fingerprint density at radius 1 is 1.39 bits per heavy atom. The number of nitrogens with one attached hydrogen (secondary N) is 1. The molecule has 1 aromatic heterocycles. The van der Waals surface area contributed by atoms with Crippen LogP contribution in [0.5, 0.6) is 5.75 Å². The summed E-state index contributed by atoms with van der Waals surface area (Å²) in [5.74, 6) is -0.547. The Labute approximate surface area is 108 Å². The van der Waals surface area contributed by atoms with E-state index in [1.54, 1.807) is 24.4 Å². The molecule has 1 heterocycles. The highest BCUT2D eigenvalue weighted by Crippen LogP contribution is 2.21. The molecule has 2 N–H and O–H groups in total. The summed E-state index contributed by atoms with van der Waals surface area (Å²) in [6.07, 6.45) is 1.55. The van der Waals surface area contributed by atoms with Crippen LogP contribution in [-0.4, -0.2) is 21.2 Å². The molecule has 1 amide bonds. The van der Waals surface area contributed by atoms with Gasteiger partial charge in [-0.05, 0) is 30.3 Å². The number of aromatic hydroxyl groups is 1. The van der Waals surface area contributed by atoms with Crippen LogP contribution >= 0.6 is 11.6 Å². The van der Waals surface area contributed by atoms with Gasteiger partial charge in [0, 0.05) is 11.2 Å². The Kier molecular flexibility index (Phi) is 3.74. The Morgan fingerprint density at radius 3 is 2.89 bits per heavy atom. The number of benzene rings is 1. The van der Waals surface area contributed by atoms with Gasteiger partial charge in [-0.3, -0.25) is 4.79 Å². The average molecular weight is 264 g/mol. The number of hydrogen-bond donors (Lipinski definition) is 2. The molecule has 18 heavy (non-hydrogen) atoms. The smallest absolute Gasteiger partial charge is 0.255 e. The number of hydrogen-bond acceptors (Lipinski definition) is 4. The standard InChI is InChI=1S/C12H10ClN3O2/c13-8-3-4-10(11(17)6-8)12(18)14-7-9-2-1-5-15-16-9/h1-6,17H,7H2,(H,14,18). The van der Waals surface area contributed by atoms with E-state index in [-0.39, 0.29) is 17.9 Å². The molecule has 0 spiro atoms. The van der Waals surface area contributed by atoms with Gasteiger partial charge in [0.1, 0.15) is 5.75 Å². The first-order chi connectivity index (χ1) is 8.66. The molecule has 0 atom stereocenters. The van der Waals surface area contributed by atoms with Crippen LogP contribution in [-0.2, 0) is 6.54 Å². The van der Waals surface area contributed by atoms with Crippen LogP contribution in [0.1, 0.15) is 16.1 Å². The van der Waals surface area contributed by atoms with Crippen molar-refractivity contribution in [1.29, 1.82) is 0 Å². The van der Waals surface area contributed by atoms with Crippen LogP contribution in [0.2, 0.25) is 5.02 Å². The van der Waals surface area contributed by atoms with Crippen molar-refractivity contribution >= 4 is 17.5 Å². The number of rotatable bonds is 3. The summed E-state index contributed by atoms with van der Waals surface area (Å²) in [6.45, 7) is 0.245. The number of carbonyl (C=O) groups excluding carboxylic acids is 1. The van der Waals surface area contributed by atoms with Crippen LogP contribution < -0.4 is 5.32 Å². The van der Waals surface area contributed by atoms with Crippen LogP contribution in [0.4, 0.5) is 0 Å². The Hall–Kier alpha value is -2.14. The van der Waals surface area contributed by atoms with E-state index >= 15 is 0 Å². The van der Waals surface area contributed by atoms with E-state index < -0.39 is 5.91 Å². The van der Waals surface area contributed by atoms with Crippen molar-refractivity contribution in [3.05, 3.63) is 52.8 Å². The number of phenolic OH excluding ortho intramolecular Hbond substituents is 1. The molecule has 0 aliphatic heterocycles. The lowest BCUT2D eigenvalue weighted by molar-refractivity contribution is 0.0947. The second-order valence-electron chi connectivity index (χ2n) is 3.56. The van der Waals surface area contributed by atoms with Gasteiger partial charge >= 0.3 is 0 Å². The molecular formula is C12H10ClN3O2. The summed E-state index contributed by atoms with van der Waals surface area (Å²) in [5.41, 5.74) is 0.808. The first kappa shape index (κ1) is 12.3. The molecule has 0 radical (unpaired) electrons. The normalized spacial score (nSPS) is 10.1. The van der Waals surface area contributed by atoms with Gasteiger partial charge in [0.05, 0.1) is 17.8 Å². The fourth-order valence-electron chi connectivity index (χ4n) is 1.39. The van der Waals surface area contributed by atoms with Gasteiger partial charge in [0.25, 0.3) is 5.91 Å². The Bertz CT molecular complexity index is 561. The summed E-state index contributed by atoms with van der Waals surface area (Å²) in [7, 11) is 0. The first-order valence-corrected chi connectivity index (χ1v) is 5.58. The van der Waals surface area contributed by atoms with E-state index in [0.717, 1.165) is 0 Å². The van der Waals surface area contributed by atoms with E-state index in [0.29, 0.717) is 10.7 Å². The fourth-order valence-corrected chi connectivity index (χ4v) is 1.56. The van der Waals surface area contributed by atoms with E-state index in [1.165, 1.54) is 12.1 Å². The minimum absolute atomic E-state index is 0.154. The lowest BCUT2D eigenvalue weighted by Gasteiger charge is -2.06. The summed E-state index contributed by atoms with van der Waals surface area (Å²) in [5, 5.41) is 20.1. The van der Waals surface area contributed by atoms with Gasteiger partial charge < -0.3 is 10.4 Å². The van der Waals surface area contributed by atoms with Gasteiger partial charge in [-0.1, -0.05) is 11.6 Å². The van der Waals surface area contributed by atoms with Crippen molar-refractivity contribution in [3.63, 3.8) is 0 Å². The Balaban J connectivity index is 2.04. The van der Waals surface area contributed by atoms with E-state index in [2.05, 4.69) is 15.5 Å². The topological polar surface area (TPSA) is 75.1 Å². The number of halogens is 1. The zero-order valence-corrected chi connectivity index (χ0v) is 10.1. The molecule has 92 valence electrons. The second-order valence-corrected chi connectivity index (χ2v) is 4.00. The van der Waals surface area contributed by atoms with Gasteiger partial charge in [-0.15, -0.1) is 0 Å². The maximum absolute atomic E-state index is 11.8. The lowest BCUT2D eigenvalue weighted by Crippen LogP contribution is -2.23. The van der Waals surface area contributed by atoms with Crippen molar-refractivity contribution < 1.29 is 9.90 Å². The molecule has 6 heteroatoms. The number of aromatic nitrogens is 2. The predicted octanol–water partition coefficient (Wildman–Crippen LogP) is 1.77. The molecule has 1 aromatic carbocycles. The molecule has 0 saturated carbocycles. The number of phenols is 1. The summed E-state index contributed by atoms with van der Waals surface area (Å²) in [4.78, 5) is 11.8. The van der Waals surface area contributed by atoms with Crippen LogP contribution in [0.25, 0.3) is 0 Å². The maximum Gasteiger partial charge on any atom is 0.255 e. The summed E-state index contributed by atoms with van der Waals surface area (Å²) >= 11 is 5.68. The molecule has 0 aliphatic carbocycles. The number of amides is 1. The zero-order valence-electron chi connectivity index (χ0n) is 9.30. The minimum Gasteiger partial charge on any atom is -0.507 e. The third-order valence-electron chi connectivity index (χ3n) is 2.26. The molecule has 5 nitrogen and oxygen atoms in total. The highest BCUT2D eigenvalue weighted by Gasteiger charge is 2.11. The van der Waals surface area contributed by atoms with Crippen molar-refractivity contribution in [3.8, 4) is 5.75 Å². The number of carbonyl (C=O) groups is 1. The quantitative estimate of drug-likeness (QED) is 0.885. The fraction of sp³-hybridized carbons (Fsp3) is 0.0833.